The highest BCUT2D eigenvalue weighted by atomic mass is 16.5. The van der Waals surface area contributed by atoms with Crippen LogP contribution in [0.3, 0.4) is 0 Å². The van der Waals surface area contributed by atoms with Crippen molar-refractivity contribution in [2.24, 2.45) is 11.8 Å². The van der Waals surface area contributed by atoms with Crippen molar-refractivity contribution in [2.45, 2.75) is 13.5 Å². The van der Waals surface area contributed by atoms with Crippen LogP contribution in [0.4, 0.5) is 0 Å². The number of ether oxygens (including phenoxy) is 1. The first kappa shape index (κ1) is 14.0. The van der Waals surface area contributed by atoms with Gasteiger partial charge in [-0.2, -0.15) is 0 Å². The predicted molar refractivity (Wildman–Crippen MR) is 74.6 cm³/mol. The average molecular weight is 262 g/mol. The van der Waals surface area contributed by atoms with Gasteiger partial charge in [-0.05, 0) is 24.6 Å². The Balaban J connectivity index is 1.55. The Morgan fingerprint density at radius 1 is 1.42 bits per heavy atom. The number of rotatable bonds is 7. The van der Waals surface area contributed by atoms with Crippen LogP contribution in [0.2, 0.25) is 0 Å². The van der Waals surface area contributed by atoms with Crippen molar-refractivity contribution in [3.05, 3.63) is 35.9 Å². The lowest BCUT2D eigenvalue weighted by Gasteiger charge is -2.31. The van der Waals surface area contributed by atoms with Gasteiger partial charge in [0.2, 0.25) is 5.91 Å². The van der Waals surface area contributed by atoms with Crippen molar-refractivity contribution < 1.29 is 9.53 Å². The predicted octanol–water partition coefficient (Wildman–Crippen LogP) is 1.17. The van der Waals surface area contributed by atoms with Gasteiger partial charge in [-0.15, -0.1) is 0 Å². The molecule has 1 aromatic carbocycles. The third-order valence-corrected chi connectivity index (χ3v) is 3.59. The molecule has 0 saturated carbocycles. The first-order chi connectivity index (χ1) is 9.27. The zero-order chi connectivity index (χ0) is 13.5. The molecule has 1 aromatic rings. The van der Waals surface area contributed by atoms with E-state index in [0.29, 0.717) is 25.7 Å². The third-order valence-electron chi connectivity index (χ3n) is 3.59. The summed E-state index contributed by atoms with van der Waals surface area (Å²) in [5.74, 6) is 0.718. The molecule has 1 aliphatic rings. The molecule has 0 aliphatic carbocycles. The monoisotopic (exact) mass is 262 g/mol. The van der Waals surface area contributed by atoms with E-state index in [1.54, 1.807) is 0 Å². The summed E-state index contributed by atoms with van der Waals surface area (Å²) in [6.07, 6.45) is 0. The molecule has 4 nitrogen and oxygen atoms in total. The molecule has 0 spiro atoms. The van der Waals surface area contributed by atoms with E-state index >= 15 is 0 Å². The Morgan fingerprint density at radius 3 is 2.79 bits per heavy atom. The largest absolute Gasteiger partial charge is 0.375 e. The zero-order valence-corrected chi connectivity index (χ0v) is 11.4. The number of nitrogens with one attached hydrogen (secondary N) is 2. The average Bonchev–Trinajstić information content (AvgIpc) is 2.37. The Morgan fingerprint density at radius 2 is 2.16 bits per heavy atom. The highest BCUT2D eigenvalue weighted by Gasteiger charge is 2.28. The van der Waals surface area contributed by atoms with Gasteiger partial charge >= 0.3 is 0 Å². The first-order valence-electron chi connectivity index (χ1n) is 6.87. The van der Waals surface area contributed by atoms with E-state index in [-0.39, 0.29) is 11.8 Å². The molecule has 0 aromatic heterocycles. The number of hydrogen-bond acceptors (Lipinski definition) is 3. The molecule has 0 bridgehead atoms. The molecular weight excluding hydrogens is 240 g/mol. The Bertz CT molecular complexity index is 390. The smallest absolute Gasteiger partial charge is 0.223 e. The molecule has 2 rings (SSSR count). The standard InChI is InChI=1S/C15H22N2O2/c1-12(14-9-16-10-14)15(18)17-7-8-19-11-13-5-3-2-4-6-13/h2-6,12,14,16H,7-11H2,1H3,(H,17,18). The van der Waals surface area contributed by atoms with E-state index in [0.717, 1.165) is 18.7 Å². The van der Waals surface area contributed by atoms with Crippen LogP contribution in [0.25, 0.3) is 0 Å². The molecule has 2 N–H and O–H groups in total. The van der Waals surface area contributed by atoms with Crippen LogP contribution in [-0.4, -0.2) is 32.1 Å². The topological polar surface area (TPSA) is 50.4 Å². The van der Waals surface area contributed by atoms with Crippen LogP contribution < -0.4 is 10.6 Å². The molecule has 1 heterocycles. The lowest BCUT2D eigenvalue weighted by atomic mass is 9.88. The fourth-order valence-electron chi connectivity index (χ4n) is 2.05. The fourth-order valence-corrected chi connectivity index (χ4v) is 2.05. The SMILES string of the molecule is CC(C(=O)NCCOCc1ccccc1)C1CNC1. The van der Waals surface area contributed by atoms with Gasteiger partial charge in [0.1, 0.15) is 0 Å². The molecule has 4 heteroatoms. The van der Waals surface area contributed by atoms with E-state index in [2.05, 4.69) is 10.6 Å². The molecule has 104 valence electrons. The maximum atomic E-state index is 11.8. The molecule has 1 fully saturated rings. The second-order valence-electron chi connectivity index (χ2n) is 5.04. The van der Waals surface area contributed by atoms with Gasteiger partial charge in [-0.1, -0.05) is 37.3 Å². The van der Waals surface area contributed by atoms with Gasteiger partial charge in [-0.25, -0.2) is 0 Å². The molecule has 19 heavy (non-hydrogen) atoms. The Hall–Kier alpha value is -1.39. The summed E-state index contributed by atoms with van der Waals surface area (Å²) < 4.78 is 5.52. The van der Waals surface area contributed by atoms with Crippen LogP contribution in [-0.2, 0) is 16.1 Å². The van der Waals surface area contributed by atoms with Crippen molar-refractivity contribution in [3.63, 3.8) is 0 Å². The number of amides is 1. The van der Waals surface area contributed by atoms with E-state index < -0.39 is 0 Å². The van der Waals surface area contributed by atoms with Gasteiger partial charge in [0.25, 0.3) is 0 Å². The Labute approximate surface area is 114 Å². The van der Waals surface area contributed by atoms with E-state index in [4.69, 9.17) is 4.74 Å². The highest BCUT2D eigenvalue weighted by Crippen LogP contribution is 2.15. The maximum absolute atomic E-state index is 11.8. The van der Waals surface area contributed by atoms with Crippen molar-refractivity contribution in [2.75, 3.05) is 26.2 Å². The quantitative estimate of drug-likeness (QED) is 0.725. The summed E-state index contributed by atoms with van der Waals surface area (Å²) in [5.41, 5.74) is 1.16. The minimum atomic E-state index is 0.0929. The number of carbonyl (C=O) groups excluding carboxylic acids is 1. The van der Waals surface area contributed by atoms with E-state index in [1.807, 2.05) is 37.3 Å². The summed E-state index contributed by atoms with van der Waals surface area (Å²) in [7, 11) is 0. The molecule has 1 saturated heterocycles. The van der Waals surface area contributed by atoms with Crippen molar-refractivity contribution in [3.8, 4) is 0 Å². The minimum Gasteiger partial charge on any atom is -0.375 e. The molecule has 1 unspecified atom stereocenters. The minimum absolute atomic E-state index is 0.0929. The third kappa shape index (κ3) is 4.33. The zero-order valence-electron chi connectivity index (χ0n) is 11.4. The summed E-state index contributed by atoms with van der Waals surface area (Å²) >= 11 is 0. The first-order valence-corrected chi connectivity index (χ1v) is 6.87. The molecule has 0 radical (unpaired) electrons. The molecule has 1 amide bonds. The van der Waals surface area contributed by atoms with Gasteiger partial charge in [-0.3, -0.25) is 4.79 Å². The van der Waals surface area contributed by atoms with Crippen molar-refractivity contribution >= 4 is 5.91 Å². The lowest BCUT2D eigenvalue weighted by molar-refractivity contribution is -0.126. The maximum Gasteiger partial charge on any atom is 0.223 e. The molecule has 1 aliphatic heterocycles. The fraction of sp³-hybridized carbons (Fsp3) is 0.533. The van der Waals surface area contributed by atoms with Crippen LogP contribution >= 0.6 is 0 Å². The number of benzene rings is 1. The Kier molecular flexibility index (Phi) is 5.36. The van der Waals surface area contributed by atoms with Gasteiger partial charge in [0.05, 0.1) is 13.2 Å². The normalized spacial score (nSPS) is 16.7. The van der Waals surface area contributed by atoms with Crippen molar-refractivity contribution in [1.29, 1.82) is 0 Å². The second kappa shape index (κ2) is 7.26. The van der Waals surface area contributed by atoms with E-state index in [9.17, 15) is 4.79 Å². The van der Waals surface area contributed by atoms with Gasteiger partial charge in [0, 0.05) is 12.5 Å². The molecule has 1 atom stereocenters. The lowest BCUT2D eigenvalue weighted by Crippen LogP contribution is -2.49. The van der Waals surface area contributed by atoms with Crippen LogP contribution in [0.15, 0.2) is 30.3 Å². The van der Waals surface area contributed by atoms with Gasteiger partial charge < -0.3 is 15.4 Å². The second-order valence-corrected chi connectivity index (χ2v) is 5.04. The number of carbonyl (C=O) groups is 1. The van der Waals surface area contributed by atoms with Crippen molar-refractivity contribution in [1.82, 2.24) is 10.6 Å². The van der Waals surface area contributed by atoms with Crippen LogP contribution in [0.5, 0.6) is 0 Å². The highest BCUT2D eigenvalue weighted by molar-refractivity contribution is 5.78. The molecular formula is C15H22N2O2. The summed E-state index contributed by atoms with van der Waals surface area (Å²) in [4.78, 5) is 11.8. The number of hydrogen-bond donors (Lipinski definition) is 2. The summed E-state index contributed by atoms with van der Waals surface area (Å²) in [6, 6.07) is 10.0. The van der Waals surface area contributed by atoms with Gasteiger partial charge in [0.15, 0.2) is 0 Å². The summed E-state index contributed by atoms with van der Waals surface area (Å²) in [6.45, 7) is 5.63. The van der Waals surface area contributed by atoms with E-state index in [1.165, 1.54) is 0 Å². The van der Waals surface area contributed by atoms with Crippen LogP contribution in [0, 0.1) is 11.8 Å². The van der Waals surface area contributed by atoms with Crippen LogP contribution in [0.1, 0.15) is 12.5 Å². The summed E-state index contributed by atoms with van der Waals surface area (Å²) in [5, 5.41) is 6.11.